The van der Waals surface area contributed by atoms with Crippen LogP contribution in [0.5, 0.6) is 0 Å². The van der Waals surface area contributed by atoms with E-state index in [-0.39, 0.29) is 5.41 Å². The van der Waals surface area contributed by atoms with Gasteiger partial charge in [0.05, 0.1) is 0 Å². The van der Waals surface area contributed by atoms with Gasteiger partial charge in [-0.1, -0.05) is 20.8 Å². The van der Waals surface area contributed by atoms with Gasteiger partial charge < -0.3 is 0 Å². The summed E-state index contributed by atoms with van der Waals surface area (Å²) in [6.45, 7) is 8.47. The van der Waals surface area contributed by atoms with Gasteiger partial charge in [0.25, 0.3) is 0 Å². The van der Waals surface area contributed by atoms with Gasteiger partial charge in [0.1, 0.15) is 10.4 Å². The van der Waals surface area contributed by atoms with Gasteiger partial charge >= 0.3 is 0 Å². The fraction of sp³-hybridized carbons (Fsp3) is 0.455. The van der Waals surface area contributed by atoms with E-state index in [1.807, 2.05) is 11.4 Å². The van der Waals surface area contributed by atoms with Gasteiger partial charge in [0, 0.05) is 0 Å². The van der Waals surface area contributed by atoms with E-state index in [4.69, 9.17) is 0 Å². The summed E-state index contributed by atoms with van der Waals surface area (Å²) in [4.78, 5) is 4.37. The van der Waals surface area contributed by atoms with Crippen LogP contribution >= 0.6 is 15.9 Å². The van der Waals surface area contributed by atoms with Gasteiger partial charge in [-0.05, 0) is 46.0 Å². The molecule has 0 saturated carbocycles. The summed E-state index contributed by atoms with van der Waals surface area (Å²) in [5, 5.41) is 4.29. The monoisotopic (exact) mass is 267 g/mol. The SMILES string of the molecule is Cc1nc2cc(C(C)(C)C)cc(Br)n2n1. The molecule has 3 nitrogen and oxygen atoms in total. The van der Waals surface area contributed by atoms with Crippen LogP contribution in [0.1, 0.15) is 32.2 Å². The summed E-state index contributed by atoms with van der Waals surface area (Å²) in [5.74, 6) is 0.793. The predicted molar refractivity (Wildman–Crippen MR) is 64.1 cm³/mol. The zero-order valence-electron chi connectivity index (χ0n) is 9.37. The lowest BCUT2D eigenvalue weighted by Crippen LogP contribution is -2.11. The first-order valence-electron chi connectivity index (χ1n) is 4.91. The normalized spacial score (nSPS) is 12.3. The summed E-state index contributed by atoms with van der Waals surface area (Å²) < 4.78 is 2.76. The van der Waals surface area contributed by atoms with Crippen molar-refractivity contribution in [2.24, 2.45) is 0 Å². The van der Waals surface area contributed by atoms with Crippen LogP contribution in [0.3, 0.4) is 0 Å². The van der Waals surface area contributed by atoms with E-state index in [2.05, 4.69) is 58.9 Å². The number of nitrogens with zero attached hydrogens (tertiary/aromatic N) is 3. The molecule has 0 aliphatic rings. The number of hydrogen-bond acceptors (Lipinski definition) is 2. The largest absolute Gasteiger partial charge is 0.212 e. The second kappa shape index (κ2) is 3.30. The molecule has 0 aliphatic carbocycles. The van der Waals surface area contributed by atoms with Gasteiger partial charge in [-0.15, -0.1) is 0 Å². The third-order valence-corrected chi connectivity index (χ3v) is 2.93. The van der Waals surface area contributed by atoms with Crippen LogP contribution in [0.2, 0.25) is 0 Å². The van der Waals surface area contributed by atoms with Crippen molar-refractivity contribution in [2.75, 3.05) is 0 Å². The van der Waals surface area contributed by atoms with Crippen LogP contribution in [-0.4, -0.2) is 14.6 Å². The Morgan fingerprint density at radius 3 is 2.53 bits per heavy atom. The summed E-state index contributed by atoms with van der Waals surface area (Å²) in [5.41, 5.74) is 2.28. The highest BCUT2D eigenvalue weighted by Gasteiger charge is 2.16. The molecule has 0 saturated heterocycles. The smallest absolute Gasteiger partial charge is 0.157 e. The Balaban J connectivity index is 2.72. The molecule has 0 aromatic carbocycles. The third-order valence-electron chi connectivity index (χ3n) is 2.37. The number of halogens is 1. The third kappa shape index (κ3) is 1.91. The molecule has 0 bridgehead atoms. The van der Waals surface area contributed by atoms with E-state index in [1.165, 1.54) is 5.56 Å². The van der Waals surface area contributed by atoms with Crippen molar-refractivity contribution < 1.29 is 0 Å². The van der Waals surface area contributed by atoms with Gasteiger partial charge in [0.15, 0.2) is 5.65 Å². The van der Waals surface area contributed by atoms with Crippen molar-refractivity contribution in [1.82, 2.24) is 14.6 Å². The topological polar surface area (TPSA) is 30.2 Å². The van der Waals surface area contributed by atoms with Crippen molar-refractivity contribution in [3.8, 4) is 0 Å². The molecule has 0 unspecified atom stereocenters. The molecule has 0 aliphatic heterocycles. The molecule has 0 N–H and O–H groups in total. The molecular formula is C11H14BrN3. The number of rotatable bonds is 0. The minimum Gasteiger partial charge on any atom is -0.212 e. The Morgan fingerprint density at radius 1 is 1.27 bits per heavy atom. The fourth-order valence-corrected chi connectivity index (χ4v) is 1.99. The molecular weight excluding hydrogens is 254 g/mol. The summed E-state index contributed by atoms with van der Waals surface area (Å²) >= 11 is 3.51. The molecule has 0 amide bonds. The van der Waals surface area contributed by atoms with E-state index in [0.29, 0.717) is 0 Å². The summed E-state index contributed by atoms with van der Waals surface area (Å²) in [7, 11) is 0. The lowest BCUT2D eigenvalue weighted by Gasteiger charge is -2.19. The van der Waals surface area contributed by atoms with E-state index >= 15 is 0 Å². The first-order valence-corrected chi connectivity index (χ1v) is 5.70. The first-order chi connectivity index (χ1) is 6.88. The van der Waals surface area contributed by atoms with Crippen LogP contribution in [-0.2, 0) is 5.41 Å². The molecule has 80 valence electrons. The van der Waals surface area contributed by atoms with Crippen LogP contribution in [0.25, 0.3) is 5.65 Å². The van der Waals surface area contributed by atoms with E-state index in [0.717, 1.165) is 16.1 Å². The minimum absolute atomic E-state index is 0.129. The zero-order chi connectivity index (χ0) is 11.2. The maximum Gasteiger partial charge on any atom is 0.157 e. The average Bonchev–Trinajstić information content (AvgIpc) is 2.44. The van der Waals surface area contributed by atoms with Gasteiger partial charge in [0.2, 0.25) is 0 Å². The summed E-state index contributed by atoms with van der Waals surface area (Å²) in [6, 6.07) is 4.19. The van der Waals surface area contributed by atoms with Gasteiger partial charge in [-0.3, -0.25) is 0 Å². The molecule has 15 heavy (non-hydrogen) atoms. The zero-order valence-corrected chi connectivity index (χ0v) is 11.0. The molecule has 4 heteroatoms. The molecule has 2 aromatic heterocycles. The van der Waals surface area contributed by atoms with Gasteiger partial charge in [-0.25, -0.2) is 9.50 Å². The van der Waals surface area contributed by atoms with Crippen molar-refractivity contribution in [1.29, 1.82) is 0 Å². The van der Waals surface area contributed by atoms with Gasteiger partial charge in [-0.2, -0.15) is 5.10 Å². The predicted octanol–water partition coefficient (Wildman–Crippen LogP) is 3.10. The molecule has 0 spiro atoms. The van der Waals surface area contributed by atoms with E-state index in [1.54, 1.807) is 0 Å². The minimum atomic E-state index is 0.129. The molecule has 2 aromatic rings. The lowest BCUT2D eigenvalue weighted by atomic mass is 9.88. The van der Waals surface area contributed by atoms with Crippen LogP contribution in [0.15, 0.2) is 16.7 Å². The molecule has 0 radical (unpaired) electrons. The van der Waals surface area contributed by atoms with Crippen LogP contribution < -0.4 is 0 Å². The number of aromatic nitrogens is 3. The molecule has 2 rings (SSSR count). The number of fused-ring (bicyclic) bond motifs is 1. The Kier molecular flexibility index (Phi) is 2.34. The average molecular weight is 268 g/mol. The quantitative estimate of drug-likeness (QED) is 0.687. The maximum absolute atomic E-state index is 4.37. The first kappa shape index (κ1) is 10.6. The number of aryl methyl sites for hydroxylation is 1. The summed E-state index contributed by atoms with van der Waals surface area (Å²) in [6.07, 6.45) is 0. The second-order valence-electron chi connectivity index (χ2n) is 4.75. The van der Waals surface area contributed by atoms with Crippen molar-refractivity contribution in [3.63, 3.8) is 0 Å². The Hall–Kier alpha value is -0.900. The second-order valence-corrected chi connectivity index (χ2v) is 5.56. The maximum atomic E-state index is 4.37. The van der Waals surface area contributed by atoms with Crippen molar-refractivity contribution in [3.05, 3.63) is 28.1 Å². The highest BCUT2D eigenvalue weighted by Crippen LogP contribution is 2.26. The molecule has 0 atom stereocenters. The fourth-order valence-electron chi connectivity index (χ4n) is 1.49. The molecule has 2 heterocycles. The Morgan fingerprint density at radius 2 is 1.93 bits per heavy atom. The van der Waals surface area contributed by atoms with Crippen molar-refractivity contribution in [2.45, 2.75) is 33.1 Å². The van der Waals surface area contributed by atoms with Crippen molar-refractivity contribution >= 4 is 21.6 Å². The van der Waals surface area contributed by atoms with Crippen LogP contribution in [0.4, 0.5) is 0 Å². The highest BCUT2D eigenvalue weighted by molar-refractivity contribution is 9.10. The Bertz CT molecular complexity index is 508. The Labute approximate surface area is 97.6 Å². The highest BCUT2D eigenvalue weighted by atomic mass is 79.9. The standard InChI is InChI=1S/C11H14BrN3/c1-7-13-10-6-8(11(2,3)4)5-9(12)15(10)14-7/h5-6H,1-4H3. The van der Waals surface area contributed by atoms with E-state index in [9.17, 15) is 0 Å². The van der Waals surface area contributed by atoms with E-state index < -0.39 is 0 Å². The molecule has 0 fully saturated rings. The number of pyridine rings is 1. The number of hydrogen-bond donors (Lipinski definition) is 0. The lowest BCUT2D eigenvalue weighted by molar-refractivity contribution is 0.588. The van der Waals surface area contributed by atoms with Crippen LogP contribution in [0, 0.1) is 6.92 Å².